The van der Waals surface area contributed by atoms with Crippen LogP contribution >= 0.6 is 15.9 Å². The third kappa shape index (κ3) is 4.68. The number of halogens is 1. The van der Waals surface area contributed by atoms with Gasteiger partial charge in [-0.15, -0.1) is 0 Å². The summed E-state index contributed by atoms with van der Waals surface area (Å²) < 4.78 is 5.89. The van der Waals surface area contributed by atoms with E-state index in [0.29, 0.717) is 12.3 Å². The van der Waals surface area contributed by atoms with Crippen LogP contribution in [0.4, 0.5) is 17.1 Å². The molecule has 1 aromatic heterocycles. The molecule has 0 aliphatic carbocycles. The van der Waals surface area contributed by atoms with Gasteiger partial charge in [0.15, 0.2) is 0 Å². The number of fused-ring (bicyclic) bond motifs is 1. The quantitative estimate of drug-likeness (QED) is 0.567. The van der Waals surface area contributed by atoms with Crippen LogP contribution in [0, 0.1) is 0 Å². The standard InChI is InChI=1S/C20H18BrN3O2/c1-26-11-3-6-20(25)24-16-7-8-18-17(13-16)19(9-10-22-18)23-15-5-2-4-14(21)12-15/h2-10,12-13H,11H2,1H3,(H,22,23)(H,24,25). The van der Waals surface area contributed by atoms with Gasteiger partial charge < -0.3 is 15.4 Å². The minimum atomic E-state index is -0.202. The van der Waals surface area contributed by atoms with Crippen molar-refractivity contribution in [3.05, 3.63) is 71.4 Å². The molecule has 2 N–H and O–H groups in total. The average molecular weight is 412 g/mol. The molecule has 1 amide bonds. The van der Waals surface area contributed by atoms with Crippen molar-refractivity contribution in [2.75, 3.05) is 24.4 Å². The van der Waals surface area contributed by atoms with Crippen molar-refractivity contribution in [1.82, 2.24) is 4.98 Å². The summed E-state index contributed by atoms with van der Waals surface area (Å²) in [6.45, 7) is 0.399. The Morgan fingerprint density at radius 3 is 2.88 bits per heavy atom. The van der Waals surface area contributed by atoms with Crippen LogP contribution in [0.15, 0.2) is 71.4 Å². The van der Waals surface area contributed by atoms with E-state index in [1.807, 2.05) is 48.5 Å². The van der Waals surface area contributed by atoms with Crippen molar-refractivity contribution in [3.8, 4) is 0 Å². The number of ether oxygens (including phenoxy) is 1. The van der Waals surface area contributed by atoms with E-state index >= 15 is 0 Å². The summed E-state index contributed by atoms with van der Waals surface area (Å²) >= 11 is 3.47. The SMILES string of the molecule is COCC=CC(=O)Nc1ccc2nccc(Nc3cccc(Br)c3)c2c1. The van der Waals surface area contributed by atoms with Gasteiger partial charge in [0.1, 0.15) is 0 Å². The molecule has 132 valence electrons. The summed E-state index contributed by atoms with van der Waals surface area (Å²) in [5, 5.41) is 7.17. The van der Waals surface area contributed by atoms with E-state index in [1.165, 1.54) is 6.08 Å². The van der Waals surface area contributed by atoms with Crippen molar-refractivity contribution in [3.63, 3.8) is 0 Å². The Kier molecular flexibility index (Phi) is 5.99. The molecule has 3 rings (SSSR count). The molecule has 3 aromatic rings. The first-order valence-corrected chi connectivity index (χ1v) is 8.83. The smallest absolute Gasteiger partial charge is 0.248 e. The summed E-state index contributed by atoms with van der Waals surface area (Å²) in [6, 6.07) is 15.5. The lowest BCUT2D eigenvalue weighted by atomic mass is 10.1. The topological polar surface area (TPSA) is 63.2 Å². The summed E-state index contributed by atoms with van der Waals surface area (Å²) in [6.07, 6.45) is 4.88. The van der Waals surface area contributed by atoms with Crippen LogP contribution in [-0.2, 0) is 9.53 Å². The van der Waals surface area contributed by atoms with E-state index in [1.54, 1.807) is 19.4 Å². The Labute approximate surface area is 160 Å². The number of rotatable bonds is 6. The van der Waals surface area contributed by atoms with E-state index < -0.39 is 0 Å². The second-order valence-corrected chi connectivity index (χ2v) is 6.49. The predicted octanol–water partition coefficient (Wildman–Crippen LogP) is 4.88. The van der Waals surface area contributed by atoms with Gasteiger partial charge in [-0.05, 0) is 42.5 Å². The molecule has 0 spiro atoms. The highest BCUT2D eigenvalue weighted by Gasteiger charge is 2.06. The number of methoxy groups -OCH3 is 1. The molecule has 0 aliphatic heterocycles. The van der Waals surface area contributed by atoms with Crippen molar-refractivity contribution >= 4 is 49.8 Å². The number of carbonyl (C=O) groups is 1. The van der Waals surface area contributed by atoms with Gasteiger partial charge in [-0.3, -0.25) is 9.78 Å². The van der Waals surface area contributed by atoms with Crippen LogP contribution in [-0.4, -0.2) is 24.6 Å². The van der Waals surface area contributed by atoms with E-state index in [0.717, 1.165) is 26.8 Å². The second kappa shape index (κ2) is 8.60. The lowest BCUT2D eigenvalue weighted by Gasteiger charge is -2.11. The molecule has 6 heteroatoms. The first kappa shape index (κ1) is 18.1. The van der Waals surface area contributed by atoms with Crippen molar-refractivity contribution in [2.24, 2.45) is 0 Å². The van der Waals surface area contributed by atoms with Crippen molar-refractivity contribution in [2.45, 2.75) is 0 Å². The number of hydrogen-bond acceptors (Lipinski definition) is 4. The van der Waals surface area contributed by atoms with E-state index in [4.69, 9.17) is 4.74 Å². The van der Waals surface area contributed by atoms with Crippen LogP contribution in [0.25, 0.3) is 10.9 Å². The maximum atomic E-state index is 11.9. The normalized spacial score (nSPS) is 11.0. The van der Waals surface area contributed by atoms with Gasteiger partial charge in [0.05, 0.1) is 12.1 Å². The van der Waals surface area contributed by atoms with Crippen molar-refractivity contribution < 1.29 is 9.53 Å². The minimum absolute atomic E-state index is 0.202. The van der Waals surface area contributed by atoms with E-state index in [-0.39, 0.29) is 5.91 Å². The molecule has 1 heterocycles. The number of pyridine rings is 1. The summed E-state index contributed by atoms with van der Waals surface area (Å²) in [5.74, 6) is -0.202. The third-order valence-corrected chi connectivity index (χ3v) is 4.14. The van der Waals surface area contributed by atoms with E-state index in [9.17, 15) is 4.79 Å². The number of carbonyl (C=O) groups excluding carboxylic acids is 1. The van der Waals surface area contributed by atoms with Crippen LogP contribution in [0.1, 0.15) is 0 Å². The first-order chi connectivity index (χ1) is 12.7. The van der Waals surface area contributed by atoms with Crippen LogP contribution in [0.5, 0.6) is 0 Å². The van der Waals surface area contributed by atoms with Gasteiger partial charge in [-0.2, -0.15) is 0 Å². The van der Waals surface area contributed by atoms with Gasteiger partial charge >= 0.3 is 0 Å². The van der Waals surface area contributed by atoms with Crippen molar-refractivity contribution in [1.29, 1.82) is 0 Å². The summed E-state index contributed by atoms with van der Waals surface area (Å²) in [4.78, 5) is 16.3. The van der Waals surface area contributed by atoms with Gasteiger partial charge in [0.25, 0.3) is 0 Å². The maximum Gasteiger partial charge on any atom is 0.248 e. The van der Waals surface area contributed by atoms with Crippen LogP contribution in [0.3, 0.4) is 0 Å². The highest BCUT2D eigenvalue weighted by molar-refractivity contribution is 9.10. The molecule has 26 heavy (non-hydrogen) atoms. The molecule has 0 aliphatic rings. The predicted molar refractivity (Wildman–Crippen MR) is 109 cm³/mol. The number of nitrogens with one attached hydrogen (secondary N) is 2. The zero-order valence-electron chi connectivity index (χ0n) is 14.2. The molecule has 0 atom stereocenters. The number of aromatic nitrogens is 1. The van der Waals surface area contributed by atoms with Crippen LogP contribution in [0.2, 0.25) is 0 Å². The third-order valence-electron chi connectivity index (χ3n) is 3.64. The van der Waals surface area contributed by atoms with E-state index in [2.05, 4.69) is 31.5 Å². The fourth-order valence-electron chi connectivity index (χ4n) is 2.49. The minimum Gasteiger partial charge on any atom is -0.381 e. The number of nitrogens with zero attached hydrogens (tertiary/aromatic N) is 1. The lowest BCUT2D eigenvalue weighted by molar-refractivity contribution is -0.111. The number of benzene rings is 2. The molecule has 0 saturated carbocycles. The molecule has 5 nitrogen and oxygen atoms in total. The zero-order valence-corrected chi connectivity index (χ0v) is 15.8. The van der Waals surface area contributed by atoms with Crippen LogP contribution < -0.4 is 10.6 Å². The van der Waals surface area contributed by atoms with Gasteiger partial charge in [-0.1, -0.05) is 28.1 Å². The number of amides is 1. The molecular weight excluding hydrogens is 394 g/mol. The summed E-state index contributed by atoms with van der Waals surface area (Å²) in [5.41, 5.74) is 3.43. The molecule has 0 fully saturated rings. The second-order valence-electron chi connectivity index (χ2n) is 5.57. The zero-order chi connectivity index (χ0) is 18.4. The molecule has 2 aromatic carbocycles. The highest BCUT2D eigenvalue weighted by atomic mass is 79.9. The molecule has 0 saturated heterocycles. The molecular formula is C20H18BrN3O2. The lowest BCUT2D eigenvalue weighted by Crippen LogP contribution is -2.08. The fraction of sp³-hybridized carbons (Fsp3) is 0.100. The Morgan fingerprint density at radius 1 is 1.19 bits per heavy atom. The van der Waals surface area contributed by atoms with Gasteiger partial charge in [0, 0.05) is 46.3 Å². The Bertz CT molecular complexity index is 957. The van der Waals surface area contributed by atoms with Gasteiger partial charge in [-0.25, -0.2) is 0 Å². The fourth-order valence-corrected chi connectivity index (χ4v) is 2.89. The molecule has 0 radical (unpaired) electrons. The molecule has 0 unspecified atom stereocenters. The monoisotopic (exact) mass is 411 g/mol. The Balaban J connectivity index is 1.87. The highest BCUT2D eigenvalue weighted by Crippen LogP contribution is 2.28. The number of anilines is 3. The molecule has 0 bridgehead atoms. The Morgan fingerprint density at radius 2 is 2.08 bits per heavy atom. The maximum absolute atomic E-state index is 11.9. The summed E-state index contributed by atoms with van der Waals surface area (Å²) in [7, 11) is 1.58. The average Bonchev–Trinajstić information content (AvgIpc) is 2.62. The largest absolute Gasteiger partial charge is 0.381 e. The first-order valence-electron chi connectivity index (χ1n) is 8.03. The Hall–Kier alpha value is -2.70. The number of hydrogen-bond donors (Lipinski definition) is 2. The van der Waals surface area contributed by atoms with Gasteiger partial charge in [0.2, 0.25) is 5.91 Å².